The van der Waals surface area contributed by atoms with E-state index in [1.54, 1.807) is 0 Å². The van der Waals surface area contributed by atoms with Crippen LogP contribution in [0.3, 0.4) is 0 Å². The molecule has 2 nitrogen and oxygen atoms in total. The van der Waals surface area contributed by atoms with Crippen LogP contribution in [0.2, 0.25) is 0 Å². The second kappa shape index (κ2) is 7.38. The quantitative estimate of drug-likeness (QED) is 0.478. The van der Waals surface area contributed by atoms with Crippen molar-refractivity contribution in [1.29, 1.82) is 0 Å². The molecule has 10 heavy (non-hydrogen) atoms. The van der Waals surface area contributed by atoms with Crippen molar-refractivity contribution in [1.82, 2.24) is 4.90 Å². The molecule has 0 atom stereocenters. The third kappa shape index (κ3) is 5.09. The maximum Gasteiger partial charge on any atom is 0.0207 e. The highest BCUT2D eigenvalue weighted by molar-refractivity contribution is 7.93. The van der Waals surface area contributed by atoms with Crippen LogP contribution in [0.5, 0.6) is 0 Å². The van der Waals surface area contributed by atoms with Gasteiger partial charge >= 0.3 is 0 Å². The van der Waals surface area contributed by atoms with Gasteiger partial charge in [0.05, 0.1) is 0 Å². The topological polar surface area (TPSA) is 23.5 Å². The zero-order valence-electron chi connectivity index (χ0n) is 6.84. The Kier molecular flexibility index (Phi) is 7.58. The first-order valence-electron chi connectivity index (χ1n) is 3.83. The van der Waals surface area contributed by atoms with Crippen LogP contribution in [0.15, 0.2) is 0 Å². The van der Waals surface area contributed by atoms with Crippen molar-refractivity contribution >= 4 is 12.0 Å². The molecule has 0 aromatic carbocycles. The minimum absolute atomic E-state index is 0.858. The molecule has 0 fully saturated rings. The van der Waals surface area contributed by atoms with E-state index >= 15 is 0 Å². The number of nitrogens with zero attached hydrogens (tertiary/aromatic N) is 1. The van der Waals surface area contributed by atoms with Gasteiger partial charge in [-0.2, -0.15) is 0 Å². The maximum absolute atomic E-state index is 8.42. The summed E-state index contributed by atoms with van der Waals surface area (Å²) in [7, 11) is 0. The Bertz CT molecular complexity index is 66.6. The highest BCUT2D eigenvalue weighted by atomic mass is 32.2. The van der Waals surface area contributed by atoms with Gasteiger partial charge in [-0.15, -0.1) is 0 Å². The molecule has 0 saturated carbocycles. The van der Waals surface area contributed by atoms with Crippen LogP contribution >= 0.6 is 12.0 Å². The average Bonchev–Trinajstić information content (AvgIpc) is 1.99. The Balaban J connectivity index is 3.09. The molecule has 0 aliphatic heterocycles. The first-order chi connectivity index (χ1) is 4.85. The normalized spacial score (nSPS) is 10.8. The van der Waals surface area contributed by atoms with Crippen LogP contribution in [0.1, 0.15) is 20.3 Å². The van der Waals surface area contributed by atoms with Gasteiger partial charge in [-0.25, -0.2) is 0 Å². The van der Waals surface area contributed by atoms with E-state index in [-0.39, 0.29) is 0 Å². The van der Waals surface area contributed by atoms with E-state index in [2.05, 4.69) is 18.7 Å². The SMILES string of the molecule is CCN(CC)CCCSO. The summed E-state index contributed by atoms with van der Waals surface area (Å²) >= 11 is 0.938. The van der Waals surface area contributed by atoms with Gasteiger partial charge < -0.3 is 9.45 Å². The summed E-state index contributed by atoms with van der Waals surface area (Å²) in [5.41, 5.74) is 0. The fourth-order valence-corrected chi connectivity index (χ4v) is 1.15. The predicted octanol–water partition coefficient (Wildman–Crippen LogP) is 1.92. The molecule has 0 spiro atoms. The van der Waals surface area contributed by atoms with Gasteiger partial charge in [-0.05, 0) is 38.1 Å². The van der Waals surface area contributed by atoms with Crippen LogP contribution in [0.25, 0.3) is 0 Å². The lowest BCUT2D eigenvalue weighted by atomic mass is 10.4. The van der Waals surface area contributed by atoms with Crippen molar-refractivity contribution in [3.8, 4) is 0 Å². The first-order valence-corrected chi connectivity index (χ1v) is 4.78. The second-order valence-corrected chi connectivity index (χ2v) is 2.88. The van der Waals surface area contributed by atoms with Crippen LogP contribution in [-0.4, -0.2) is 34.8 Å². The number of hydrogen-bond acceptors (Lipinski definition) is 3. The summed E-state index contributed by atoms with van der Waals surface area (Å²) in [6, 6.07) is 0. The minimum atomic E-state index is 0.858. The highest BCUT2D eigenvalue weighted by Crippen LogP contribution is 1.97. The van der Waals surface area contributed by atoms with Crippen LogP contribution < -0.4 is 0 Å². The lowest BCUT2D eigenvalue weighted by Crippen LogP contribution is -2.24. The van der Waals surface area contributed by atoms with Crippen LogP contribution in [0, 0.1) is 0 Å². The molecule has 0 aliphatic carbocycles. The summed E-state index contributed by atoms with van der Waals surface area (Å²) in [5.74, 6) is 0.858. The van der Waals surface area contributed by atoms with Crippen LogP contribution in [-0.2, 0) is 0 Å². The van der Waals surface area contributed by atoms with E-state index in [1.807, 2.05) is 0 Å². The van der Waals surface area contributed by atoms with E-state index < -0.39 is 0 Å². The van der Waals surface area contributed by atoms with E-state index in [4.69, 9.17) is 4.55 Å². The van der Waals surface area contributed by atoms with Crippen molar-refractivity contribution in [3.63, 3.8) is 0 Å². The highest BCUT2D eigenvalue weighted by Gasteiger charge is 1.96. The van der Waals surface area contributed by atoms with E-state index in [9.17, 15) is 0 Å². The van der Waals surface area contributed by atoms with Gasteiger partial charge in [-0.1, -0.05) is 13.8 Å². The van der Waals surface area contributed by atoms with Gasteiger partial charge in [0, 0.05) is 5.75 Å². The minimum Gasteiger partial charge on any atom is -0.330 e. The van der Waals surface area contributed by atoms with E-state index in [0.29, 0.717) is 0 Å². The molecule has 1 N–H and O–H groups in total. The summed E-state index contributed by atoms with van der Waals surface area (Å²) in [4.78, 5) is 2.36. The molecule has 0 radical (unpaired) electrons. The molecule has 0 aromatic rings. The lowest BCUT2D eigenvalue weighted by Gasteiger charge is -2.16. The molecule has 0 bridgehead atoms. The summed E-state index contributed by atoms with van der Waals surface area (Å²) in [5, 5.41) is 0. The van der Waals surface area contributed by atoms with Gasteiger partial charge in [-0.3, -0.25) is 0 Å². The second-order valence-electron chi connectivity index (χ2n) is 2.21. The summed E-state index contributed by atoms with van der Waals surface area (Å²) in [6.07, 6.45) is 1.09. The zero-order valence-corrected chi connectivity index (χ0v) is 7.65. The maximum atomic E-state index is 8.42. The van der Waals surface area contributed by atoms with E-state index in [1.165, 1.54) is 0 Å². The summed E-state index contributed by atoms with van der Waals surface area (Å²) < 4.78 is 8.42. The fourth-order valence-electron chi connectivity index (χ4n) is 0.893. The smallest absolute Gasteiger partial charge is 0.0207 e. The van der Waals surface area contributed by atoms with Crippen molar-refractivity contribution in [2.75, 3.05) is 25.4 Å². The zero-order chi connectivity index (χ0) is 7.82. The Morgan fingerprint density at radius 2 is 1.90 bits per heavy atom. The van der Waals surface area contributed by atoms with Gasteiger partial charge in [0.1, 0.15) is 0 Å². The van der Waals surface area contributed by atoms with Crippen molar-refractivity contribution < 1.29 is 4.55 Å². The number of hydrogen-bond donors (Lipinski definition) is 1. The Hall–Kier alpha value is 0.270. The Labute approximate surface area is 67.8 Å². The fraction of sp³-hybridized carbons (Fsp3) is 1.00. The molecule has 0 aliphatic rings. The molecular weight excluding hydrogens is 146 g/mol. The van der Waals surface area contributed by atoms with Crippen LogP contribution in [0.4, 0.5) is 0 Å². The number of rotatable bonds is 6. The first kappa shape index (κ1) is 10.3. The molecule has 0 unspecified atom stereocenters. The average molecular weight is 163 g/mol. The summed E-state index contributed by atoms with van der Waals surface area (Å²) in [6.45, 7) is 7.67. The monoisotopic (exact) mass is 163 g/mol. The third-order valence-electron chi connectivity index (χ3n) is 1.60. The molecule has 0 saturated heterocycles. The predicted molar refractivity (Wildman–Crippen MR) is 47.5 cm³/mol. The third-order valence-corrected chi connectivity index (χ3v) is 2.08. The molecule has 3 heteroatoms. The molecule has 62 valence electrons. The standard InChI is InChI=1S/C7H17NOS/c1-3-8(4-2)6-5-7-10-9/h9H,3-7H2,1-2H3. The molecule has 0 amide bonds. The van der Waals surface area contributed by atoms with Gasteiger partial charge in [0.25, 0.3) is 0 Å². The van der Waals surface area contributed by atoms with Gasteiger partial charge in [0.2, 0.25) is 0 Å². The van der Waals surface area contributed by atoms with Crippen molar-refractivity contribution in [2.45, 2.75) is 20.3 Å². The molecule has 0 aromatic heterocycles. The van der Waals surface area contributed by atoms with Crippen molar-refractivity contribution in [3.05, 3.63) is 0 Å². The molecular formula is C7H17NOS. The Morgan fingerprint density at radius 1 is 1.30 bits per heavy atom. The largest absolute Gasteiger partial charge is 0.330 e. The Morgan fingerprint density at radius 3 is 2.30 bits per heavy atom. The lowest BCUT2D eigenvalue weighted by molar-refractivity contribution is 0.305. The van der Waals surface area contributed by atoms with Gasteiger partial charge in [0.15, 0.2) is 0 Å². The molecule has 0 rings (SSSR count). The van der Waals surface area contributed by atoms with E-state index in [0.717, 1.165) is 43.9 Å². The van der Waals surface area contributed by atoms with Crippen molar-refractivity contribution in [2.24, 2.45) is 0 Å². The molecule has 0 heterocycles.